The first kappa shape index (κ1) is 10.5. The Kier molecular flexibility index (Phi) is 4.18. The SMILES string of the molecule is NC[C@@H](O)CN1CCCCCC1=O. The zero-order valence-corrected chi connectivity index (χ0v) is 7.91. The lowest BCUT2D eigenvalue weighted by Crippen LogP contribution is -2.39. The van der Waals surface area contributed by atoms with Crippen LogP contribution in [0.4, 0.5) is 0 Å². The predicted molar refractivity (Wildman–Crippen MR) is 50.1 cm³/mol. The molecule has 0 aromatic rings. The van der Waals surface area contributed by atoms with Crippen LogP contribution in [0.2, 0.25) is 0 Å². The minimum Gasteiger partial charge on any atom is -0.390 e. The Morgan fingerprint density at radius 2 is 2.23 bits per heavy atom. The molecular formula is C9H18N2O2. The molecule has 0 bridgehead atoms. The number of rotatable bonds is 3. The molecule has 1 amide bonds. The zero-order valence-electron chi connectivity index (χ0n) is 7.91. The highest BCUT2D eigenvalue weighted by Crippen LogP contribution is 2.11. The number of likely N-dealkylation sites (tertiary alicyclic amines) is 1. The number of carbonyl (C=O) groups excluding carboxylic acids is 1. The van der Waals surface area contributed by atoms with Crippen LogP contribution in [-0.4, -0.2) is 41.7 Å². The van der Waals surface area contributed by atoms with Gasteiger partial charge in [-0.3, -0.25) is 4.79 Å². The molecule has 1 atom stereocenters. The Hall–Kier alpha value is -0.610. The van der Waals surface area contributed by atoms with Crippen LogP contribution in [0.1, 0.15) is 25.7 Å². The molecule has 4 heteroatoms. The van der Waals surface area contributed by atoms with E-state index >= 15 is 0 Å². The van der Waals surface area contributed by atoms with E-state index in [1.165, 1.54) is 0 Å². The van der Waals surface area contributed by atoms with Gasteiger partial charge in [0.1, 0.15) is 0 Å². The predicted octanol–water partition coefficient (Wildman–Crippen LogP) is -0.291. The van der Waals surface area contributed by atoms with Gasteiger partial charge in [-0.15, -0.1) is 0 Å². The monoisotopic (exact) mass is 186 g/mol. The van der Waals surface area contributed by atoms with Crippen molar-refractivity contribution >= 4 is 5.91 Å². The molecule has 1 rings (SSSR count). The van der Waals surface area contributed by atoms with Crippen LogP contribution in [0, 0.1) is 0 Å². The average Bonchev–Trinajstić information content (AvgIpc) is 2.32. The summed E-state index contributed by atoms with van der Waals surface area (Å²) < 4.78 is 0. The van der Waals surface area contributed by atoms with E-state index in [0.29, 0.717) is 13.0 Å². The van der Waals surface area contributed by atoms with Crippen LogP contribution in [0.25, 0.3) is 0 Å². The number of aliphatic hydroxyl groups excluding tert-OH is 1. The normalized spacial score (nSPS) is 21.4. The number of amides is 1. The summed E-state index contributed by atoms with van der Waals surface area (Å²) >= 11 is 0. The number of hydrogen-bond donors (Lipinski definition) is 2. The number of aliphatic hydroxyl groups is 1. The molecule has 13 heavy (non-hydrogen) atoms. The average molecular weight is 186 g/mol. The summed E-state index contributed by atoms with van der Waals surface area (Å²) in [7, 11) is 0. The summed E-state index contributed by atoms with van der Waals surface area (Å²) in [5.74, 6) is 0.157. The van der Waals surface area contributed by atoms with Gasteiger partial charge in [0.05, 0.1) is 6.10 Å². The van der Waals surface area contributed by atoms with Crippen molar-refractivity contribution < 1.29 is 9.90 Å². The maximum Gasteiger partial charge on any atom is 0.222 e. The molecule has 76 valence electrons. The number of nitrogens with zero attached hydrogens (tertiary/aromatic N) is 1. The van der Waals surface area contributed by atoms with Crippen LogP contribution in [0.15, 0.2) is 0 Å². The van der Waals surface area contributed by atoms with Crippen molar-refractivity contribution in [3.63, 3.8) is 0 Å². The van der Waals surface area contributed by atoms with Crippen molar-refractivity contribution in [2.24, 2.45) is 5.73 Å². The highest BCUT2D eigenvalue weighted by Gasteiger charge is 2.18. The van der Waals surface area contributed by atoms with Crippen molar-refractivity contribution in [1.82, 2.24) is 4.90 Å². The summed E-state index contributed by atoms with van der Waals surface area (Å²) in [6.45, 7) is 1.40. The molecule has 0 aromatic carbocycles. The topological polar surface area (TPSA) is 66.6 Å². The first-order chi connectivity index (χ1) is 6.24. The van der Waals surface area contributed by atoms with Gasteiger partial charge in [-0.25, -0.2) is 0 Å². The highest BCUT2D eigenvalue weighted by atomic mass is 16.3. The largest absolute Gasteiger partial charge is 0.390 e. The van der Waals surface area contributed by atoms with Crippen molar-refractivity contribution in [2.45, 2.75) is 31.8 Å². The second-order valence-corrected chi connectivity index (χ2v) is 3.54. The summed E-state index contributed by atoms with van der Waals surface area (Å²) in [4.78, 5) is 13.2. The Morgan fingerprint density at radius 3 is 2.92 bits per heavy atom. The van der Waals surface area contributed by atoms with Crippen molar-refractivity contribution in [1.29, 1.82) is 0 Å². The van der Waals surface area contributed by atoms with Crippen LogP contribution >= 0.6 is 0 Å². The van der Waals surface area contributed by atoms with Gasteiger partial charge < -0.3 is 15.7 Å². The van der Waals surface area contributed by atoms with E-state index < -0.39 is 6.10 Å². The second kappa shape index (κ2) is 5.19. The van der Waals surface area contributed by atoms with Gasteiger partial charge in [-0.2, -0.15) is 0 Å². The van der Waals surface area contributed by atoms with E-state index in [0.717, 1.165) is 25.8 Å². The van der Waals surface area contributed by atoms with Gasteiger partial charge >= 0.3 is 0 Å². The smallest absolute Gasteiger partial charge is 0.222 e. The number of β-amino-alcohol motifs (C(OH)–C–C–N with tert-alkyl or cyclic N) is 1. The van der Waals surface area contributed by atoms with E-state index in [-0.39, 0.29) is 12.5 Å². The molecule has 4 nitrogen and oxygen atoms in total. The molecular weight excluding hydrogens is 168 g/mol. The van der Waals surface area contributed by atoms with Gasteiger partial charge in [0.15, 0.2) is 0 Å². The third kappa shape index (κ3) is 3.32. The standard InChI is InChI=1S/C9H18N2O2/c10-6-8(12)7-11-5-3-1-2-4-9(11)13/h8,12H,1-7,10H2/t8-/m1/s1. The van der Waals surface area contributed by atoms with Gasteiger partial charge in [0.25, 0.3) is 0 Å². The fourth-order valence-electron chi connectivity index (χ4n) is 1.56. The molecule has 0 saturated carbocycles. The van der Waals surface area contributed by atoms with Crippen molar-refractivity contribution in [3.05, 3.63) is 0 Å². The molecule has 0 unspecified atom stereocenters. The molecule has 1 fully saturated rings. The maximum atomic E-state index is 11.4. The Balaban J connectivity index is 2.40. The van der Waals surface area contributed by atoms with Crippen LogP contribution in [0.3, 0.4) is 0 Å². The minimum atomic E-state index is -0.568. The van der Waals surface area contributed by atoms with Gasteiger partial charge in [0, 0.05) is 26.1 Å². The van der Waals surface area contributed by atoms with Crippen LogP contribution < -0.4 is 5.73 Å². The van der Waals surface area contributed by atoms with Gasteiger partial charge in [-0.05, 0) is 12.8 Å². The van der Waals surface area contributed by atoms with Gasteiger partial charge in [0.2, 0.25) is 5.91 Å². The lowest BCUT2D eigenvalue weighted by Gasteiger charge is -2.22. The first-order valence-corrected chi connectivity index (χ1v) is 4.90. The summed E-state index contributed by atoms with van der Waals surface area (Å²) in [6, 6.07) is 0. The maximum absolute atomic E-state index is 11.4. The van der Waals surface area contributed by atoms with Crippen molar-refractivity contribution in [2.75, 3.05) is 19.6 Å². The van der Waals surface area contributed by atoms with E-state index in [4.69, 9.17) is 5.73 Å². The Morgan fingerprint density at radius 1 is 1.46 bits per heavy atom. The van der Waals surface area contributed by atoms with Crippen LogP contribution in [-0.2, 0) is 4.79 Å². The lowest BCUT2D eigenvalue weighted by molar-refractivity contribution is -0.131. The summed E-state index contributed by atoms with van der Waals surface area (Å²) in [6.07, 6.45) is 3.19. The molecule has 0 aromatic heterocycles. The quantitative estimate of drug-likeness (QED) is 0.636. The van der Waals surface area contributed by atoms with E-state index in [2.05, 4.69) is 0 Å². The molecule has 3 N–H and O–H groups in total. The molecule has 1 aliphatic heterocycles. The molecule has 1 saturated heterocycles. The molecule has 0 aliphatic carbocycles. The zero-order chi connectivity index (χ0) is 9.68. The summed E-state index contributed by atoms with van der Waals surface area (Å²) in [5, 5.41) is 9.30. The third-order valence-electron chi connectivity index (χ3n) is 2.37. The summed E-state index contributed by atoms with van der Waals surface area (Å²) in [5.41, 5.74) is 5.29. The third-order valence-corrected chi connectivity index (χ3v) is 2.37. The molecule has 0 radical (unpaired) electrons. The number of carbonyl (C=O) groups is 1. The van der Waals surface area contributed by atoms with E-state index in [1.807, 2.05) is 0 Å². The molecule has 1 heterocycles. The molecule has 0 spiro atoms. The Bertz CT molecular complexity index is 173. The molecule has 1 aliphatic rings. The number of nitrogens with two attached hydrogens (primary N) is 1. The van der Waals surface area contributed by atoms with Crippen molar-refractivity contribution in [3.8, 4) is 0 Å². The highest BCUT2D eigenvalue weighted by molar-refractivity contribution is 5.76. The van der Waals surface area contributed by atoms with Gasteiger partial charge in [-0.1, -0.05) is 6.42 Å². The lowest BCUT2D eigenvalue weighted by atomic mass is 10.2. The minimum absolute atomic E-state index is 0.157. The second-order valence-electron chi connectivity index (χ2n) is 3.54. The fourth-order valence-corrected chi connectivity index (χ4v) is 1.56. The fraction of sp³-hybridized carbons (Fsp3) is 0.889. The number of hydrogen-bond acceptors (Lipinski definition) is 3. The first-order valence-electron chi connectivity index (χ1n) is 4.90. The van der Waals surface area contributed by atoms with Crippen LogP contribution in [0.5, 0.6) is 0 Å². The van der Waals surface area contributed by atoms with E-state index in [9.17, 15) is 9.90 Å². The van der Waals surface area contributed by atoms with E-state index in [1.54, 1.807) is 4.90 Å². The Labute approximate surface area is 78.7 Å².